The molecule has 0 saturated carbocycles. The van der Waals surface area contributed by atoms with E-state index < -0.39 is 5.41 Å². The molecule has 4 nitrogen and oxygen atoms in total. The molecule has 0 aliphatic carbocycles. The van der Waals surface area contributed by atoms with Crippen LogP contribution in [0.5, 0.6) is 0 Å². The van der Waals surface area contributed by atoms with Crippen LogP contribution in [0.2, 0.25) is 0 Å². The standard InChI is InChI=1S/C21H22N2O2/c1-14-9-11-15(12-10-14)19-22-17-8-6-5-7-16(17)20(25)23(19)13-18(24)21(2,3)4/h5-12H,13H2,1-4H3. The second-order valence-electron chi connectivity index (χ2n) is 7.38. The van der Waals surface area contributed by atoms with Crippen LogP contribution in [0.25, 0.3) is 22.3 Å². The highest BCUT2D eigenvalue weighted by atomic mass is 16.1. The van der Waals surface area contributed by atoms with Gasteiger partial charge in [0.25, 0.3) is 5.56 Å². The van der Waals surface area contributed by atoms with Crippen molar-refractivity contribution in [2.75, 3.05) is 0 Å². The normalized spacial score (nSPS) is 11.7. The Hall–Kier alpha value is -2.75. The van der Waals surface area contributed by atoms with Gasteiger partial charge in [-0.1, -0.05) is 62.7 Å². The smallest absolute Gasteiger partial charge is 0.262 e. The van der Waals surface area contributed by atoms with Crippen molar-refractivity contribution in [3.63, 3.8) is 0 Å². The summed E-state index contributed by atoms with van der Waals surface area (Å²) in [6, 6.07) is 15.1. The lowest BCUT2D eigenvalue weighted by Crippen LogP contribution is -2.32. The molecular formula is C21H22N2O2. The zero-order valence-corrected chi connectivity index (χ0v) is 15.0. The zero-order chi connectivity index (χ0) is 18.2. The molecule has 1 aromatic heterocycles. The van der Waals surface area contributed by atoms with E-state index in [0.29, 0.717) is 16.7 Å². The van der Waals surface area contributed by atoms with Gasteiger partial charge in [0.15, 0.2) is 5.78 Å². The van der Waals surface area contributed by atoms with Gasteiger partial charge in [0.1, 0.15) is 5.82 Å². The fourth-order valence-electron chi connectivity index (χ4n) is 2.62. The van der Waals surface area contributed by atoms with Crippen molar-refractivity contribution in [1.82, 2.24) is 9.55 Å². The average Bonchev–Trinajstić information content (AvgIpc) is 2.57. The highest BCUT2D eigenvalue weighted by Crippen LogP contribution is 2.22. The predicted molar refractivity (Wildman–Crippen MR) is 101 cm³/mol. The van der Waals surface area contributed by atoms with Crippen LogP contribution in [0.4, 0.5) is 0 Å². The quantitative estimate of drug-likeness (QED) is 0.728. The number of ketones is 1. The van der Waals surface area contributed by atoms with E-state index in [1.54, 1.807) is 6.07 Å². The molecule has 0 radical (unpaired) electrons. The van der Waals surface area contributed by atoms with E-state index in [9.17, 15) is 9.59 Å². The van der Waals surface area contributed by atoms with E-state index in [1.165, 1.54) is 4.57 Å². The second kappa shape index (κ2) is 6.28. The largest absolute Gasteiger partial charge is 0.297 e. The fraction of sp³-hybridized carbons (Fsp3) is 0.286. The van der Waals surface area contributed by atoms with E-state index in [-0.39, 0.29) is 17.9 Å². The summed E-state index contributed by atoms with van der Waals surface area (Å²) < 4.78 is 1.50. The number of hydrogen-bond donors (Lipinski definition) is 0. The summed E-state index contributed by atoms with van der Waals surface area (Å²) in [5, 5.41) is 0.528. The van der Waals surface area contributed by atoms with Crippen molar-refractivity contribution in [1.29, 1.82) is 0 Å². The molecule has 0 amide bonds. The van der Waals surface area contributed by atoms with Crippen LogP contribution >= 0.6 is 0 Å². The molecule has 25 heavy (non-hydrogen) atoms. The Morgan fingerprint density at radius 3 is 2.32 bits per heavy atom. The van der Waals surface area contributed by atoms with Gasteiger partial charge in [-0.2, -0.15) is 0 Å². The molecule has 3 rings (SSSR count). The molecule has 0 bridgehead atoms. The zero-order valence-electron chi connectivity index (χ0n) is 15.0. The number of hydrogen-bond acceptors (Lipinski definition) is 3. The summed E-state index contributed by atoms with van der Waals surface area (Å²) in [4.78, 5) is 30.3. The molecule has 0 aliphatic rings. The topological polar surface area (TPSA) is 52.0 Å². The first kappa shape index (κ1) is 17.1. The van der Waals surface area contributed by atoms with Crippen molar-refractivity contribution >= 4 is 16.7 Å². The lowest BCUT2D eigenvalue weighted by Gasteiger charge is -2.19. The van der Waals surface area contributed by atoms with E-state index in [1.807, 2.05) is 70.2 Å². The number of Topliss-reactive ketones (excluding diaryl/α,β-unsaturated/α-hetero) is 1. The highest BCUT2D eigenvalue weighted by Gasteiger charge is 2.24. The minimum Gasteiger partial charge on any atom is -0.297 e. The van der Waals surface area contributed by atoms with Gasteiger partial charge < -0.3 is 0 Å². The first-order valence-electron chi connectivity index (χ1n) is 8.37. The van der Waals surface area contributed by atoms with Crippen LogP contribution in [-0.2, 0) is 11.3 Å². The summed E-state index contributed by atoms with van der Waals surface area (Å²) in [5.74, 6) is 0.529. The summed E-state index contributed by atoms with van der Waals surface area (Å²) in [7, 11) is 0. The molecule has 0 spiro atoms. The monoisotopic (exact) mass is 334 g/mol. The Labute approximate surface area is 147 Å². The number of fused-ring (bicyclic) bond motifs is 1. The summed E-state index contributed by atoms with van der Waals surface area (Å²) >= 11 is 0. The Balaban J connectivity index is 2.26. The number of carbonyl (C=O) groups is 1. The lowest BCUT2D eigenvalue weighted by molar-refractivity contribution is -0.126. The Bertz CT molecular complexity index is 993. The lowest BCUT2D eigenvalue weighted by atomic mass is 9.90. The molecule has 0 fully saturated rings. The number of aromatic nitrogens is 2. The third-order valence-electron chi connectivity index (χ3n) is 4.31. The van der Waals surface area contributed by atoms with Gasteiger partial charge in [-0.15, -0.1) is 0 Å². The highest BCUT2D eigenvalue weighted by molar-refractivity contribution is 5.85. The SMILES string of the molecule is Cc1ccc(-c2nc3ccccc3c(=O)n2CC(=O)C(C)(C)C)cc1. The minimum atomic E-state index is -0.518. The van der Waals surface area contributed by atoms with Gasteiger partial charge in [-0.05, 0) is 19.1 Å². The van der Waals surface area contributed by atoms with Crippen LogP contribution in [-0.4, -0.2) is 15.3 Å². The molecule has 0 saturated heterocycles. The van der Waals surface area contributed by atoms with E-state index >= 15 is 0 Å². The average molecular weight is 334 g/mol. The molecule has 0 atom stereocenters. The molecule has 0 aliphatic heterocycles. The van der Waals surface area contributed by atoms with E-state index in [2.05, 4.69) is 4.98 Å². The van der Waals surface area contributed by atoms with E-state index in [0.717, 1.165) is 11.1 Å². The van der Waals surface area contributed by atoms with Gasteiger partial charge in [0.05, 0.1) is 17.4 Å². The van der Waals surface area contributed by atoms with Gasteiger partial charge in [-0.25, -0.2) is 4.98 Å². The third kappa shape index (κ3) is 3.38. The molecule has 128 valence electrons. The molecule has 1 heterocycles. The minimum absolute atomic E-state index is 0.0000396. The van der Waals surface area contributed by atoms with Crippen molar-refractivity contribution < 1.29 is 4.79 Å². The molecule has 0 unspecified atom stereocenters. The summed E-state index contributed by atoms with van der Waals surface area (Å²) in [5.41, 5.74) is 1.90. The number of carbonyl (C=O) groups excluding carboxylic acids is 1. The van der Waals surface area contributed by atoms with Crippen molar-refractivity contribution in [3.8, 4) is 11.4 Å². The van der Waals surface area contributed by atoms with Gasteiger partial charge in [0, 0.05) is 11.0 Å². The summed E-state index contributed by atoms with van der Waals surface area (Å²) in [6.07, 6.45) is 0. The maximum absolute atomic E-state index is 13.0. The maximum atomic E-state index is 13.0. The Morgan fingerprint density at radius 2 is 1.68 bits per heavy atom. The van der Waals surface area contributed by atoms with Crippen molar-refractivity contribution in [2.24, 2.45) is 5.41 Å². The van der Waals surface area contributed by atoms with Crippen molar-refractivity contribution in [3.05, 3.63) is 64.4 Å². The number of para-hydroxylation sites is 1. The summed E-state index contributed by atoms with van der Waals surface area (Å²) in [6.45, 7) is 7.61. The van der Waals surface area contributed by atoms with Crippen LogP contribution in [0, 0.1) is 12.3 Å². The number of benzene rings is 2. The third-order valence-corrected chi connectivity index (χ3v) is 4.31. The van der Waals surface area contributed by atoms with Crippen LogP contribution in [0.1, 0.15) is 26.3 Å². The maximum Gasteiger partial charge on any atom is 0.262 e. The van der Waals surface area contributed by atoms with Crippen LogP contribution < -0.4 is 5.56 Å². The van der Waals surface area contributed by atoms with Crippen LogP contribution in [0.3, 0.4) is 0 Å². The van der Waals surface area contributed by atoms with Gasteiger partial charge in [-0.3, -0.25) is 14.2 Å². The van der Waals surface area contributed by atoms with Gasteiger partial charge in [0.2, 0.25) is 0 Å². The second-order valence-corrected chi connectivity index (χ2v) is 7.38. The molecule has 3 aromatic rings. The molecule has 2 aromatic carbocycles. The fourth-order valence-corrected chi connectivity index (χ4v) is 2.62. The first-order chi connectivity index (χ1) is 11.8. The molecular weight excluding hydrogens is 312 g/mol. The number of nitrogens with zero attached hydrogens (tertiary/aromatic N) is 2. The van der Waals surface area contributed by atoms with Gasteiger partial charge >= 0.3 is 0 Å². The van der Waals surface area contributed by atoms with E-state index in [4.69, 9.17) is 0 Å². The predicted octanol–water partition coefficient (Wildman–Crippen LogP) is 3.99. The Morgan fingerprint density at radius 1 is 1.04 bits per heavy atom. The first-order valence-corrected chi connectivity index (χ1v) is 8.37. The molecule has 4 heteroatoms. The van der Waals surface area contributed by atoms with Crippen molar-refractivity contribution in [2.45, 2.75) is 34.2 Å². The molecule has 0 N–H and O–H groups in total. The number of rotatable bonds is 3. The number of aryl methyl sites for hydroxylation is 1. The Kier molecular flexibility index (Phi) is 4.29. The van der Waals surface area contributed by atoms with Crippen LogP contribution in [0.15, 0.2) is 53.3 Å².